The van der Waals surface area contributed by atoms with E-state index in [1.807, 2.05) is 0 Å². The first kappa shape index (κ1) is 15.3. The Labute approximate surface area is 124 Å². The number of methoxy groups -OCH3 is 1. The number of hydrogen-bond donors (Lipinski definition) is 3. The van der Waals surface area contributed by atoms with Crippen LogP contribution in [0.25, 0.3) is 0 Å². The highest BCUT2D eigenvalue weighted by Crippen LogP contribution is 2.28. The predicted molar refractivity (Wildman–Crippen MR) is 81.6 cm³/mol. The Bertz CT molecular complexity index is 476. The minimum atomic E-state index is 0.0716. The lowest BCUT2D eigenvalue weighted by molar-refractivity contribution is -0.120. The van der Waals surface area contributed by atoms with Crippen molar-refractivity contribution in [2.24, 2.45) is 0 Å². The number of ether oxygens (including phenoxy) is 1. The number of anilines is 2. The molecule has 1 aromatic rings. The summed E-state index contributed by atoms with van der Waals surface area (Å²) in [7, 11) is 1.58. The molecule has 1 saturated carbocycles. The zero-order chi connectivity index (χ0) is 15.1. The Balaban J connectivity index is 1.87. The maximum absolute atomic E-state index is 11.6. The number of nitrogens with one attached hydrogen (secondary N) is 3. The quantitative estimate of drug-likeness (QED) is 0.637. The topological polar surface area (TPSA) is 88.2 Å². The van der Waals surface area contributed by atoms with E-state index in [4.69, 9.17) is 4.74 Å². The third-order valence-corrected chi connectivity index (χ3v) is 3.14. The molecule has 0 unspecified atom stereocenters. The molecule has 1 amide bonds. The second-order valence-corrected chi connectivity index (χ2v) is 5.05. The highest BCUT2D eigenvalue weighted by Gasteiger charge is 2.22. The summed E-state index contributed by atoms with van der Waals surface area (Å²) in [6, 6.07) is 0.399. The molecule has 0 aliphatic heterocycles. The average Bonchev–Trinajstić information content (AvgIpc) is 3.29. The van der Waals surface area contributed by atoms with Crippen molar-refractivity contribution in [2.75, 3.05) is 30.8 Å². The summed E-state index contributed by atoms with van der Waals surface area (Å²) in [5.41, 5.74) is 0. The van der Waals surface area contributed by atoms with Crippen LogP contribution in [0.5, 0.6) is 5.75 Å². The molecule has 0 bridgehead atoms. The normalized spacial score (nSPS) is 13.6. The van der Waals surface area contributed by atoms with Gasteiger partial charge in [-0.1, -0.05) is 6.92 Å². The SMILES string of the molecule is CCCNc1ncnc(NCCC(=O)NC2CC2)c1OC. The van der Waals surface area contributed by atoms with Gasteiger partial charge in [-0.05, 0) is 19.3 Å². The molecule has 0 radical (unpaired) electrons. The van der Waals surface area contributed by atoms with E-state index in [1.165, 1.54) is 6.33 Å². The Morgan fingerprint density at radius 2 is 1.95 bits per heavy atom. The number of aromatic nitrogens is 2. The van der Waals surface area contributed by atoms with Gasteiger partial charge in [0.1, 0.15) is 6.33 Å². The first-order valence-corrected chi connectivity index (χ1v) is 7.40. The fraction of sp³-hybridized carbons (Fsp3) is 0.643. The van der Waals surface area contributed by atoms with Crippen molar-refractivity contribution in [3.05, 3.63) is 6.33 Å². The zero-order valence-electron chi connectivity index (χ0n) is 12.6. The third-order valence-electron chi connectivity index (χ3n) is 3.14. The number of carbonyl (C=O) groups is 1. The molecule has 0 aromatic carbocycles. The van der Waals surface area contributed by atoms with E-state index in [-0.39, 0.29) is 5.91 Å². The molecule has 7 nitrogen and oxygen atoms in total. The second-order valence-electron chi connectivity index (χ2n) is 5.05. The van der Waals surface area contributed by atoms with Crippen molar-refractivity contribution in [1.29, 1.82) is 0 Å². The Morgan fingerprint density at radius 1 is 1.29 bits per heavy atom. The molecule has 0 saturated heterocycles. The predicted octanol–water partition coefficient (Wildman–Crippen LogP) is 1.39. The summed E-state index contributed by atoms with van der Waals surface area (Å²) in [5.74, 6) is 1.92. The van der Waals surface area contributed by atoms with Gasteiger partial charge in [0.25, 0.3) is 0 Å². The highest BCUT2D eigenvalue weighted by molar-refractivity contribution is 5.77. The van der Waals surface area contributed by atoms with Crippen LogP contribution in [0.15, 0.2) is 6.33 Å². The molecule has 7 heteroatoms. The van der Waals surface area contributed by atoms with Gasteiger partial charge >= 0.3 is 0 Å². The van der Waals surface area contributed by atoms with Crippen molar-refractivity contribution >= 4 is 17.5 Å². The molecule has 1 aromatic heterocycles. The van der Waals surface area contributed by atoms with Gasteiger partial charge in [0, 0.05) is 25.6 Å². The standard InChI is InChI=1S/C14H23N5O2/c1-3-7-15-13-12(21-2)14(18-9-17-13)16-8-6-11(20)19-10-4-5-10/h9-10H,3-8H2,1-2H3,(H,19,20)(H2,15,16,17,18). The van der Waals surface area contributed by atoms with Gasteiger partial charge in [-0.25, -0.2) is 9.97 Å². The van der Waals surface area contributed by atoms with Crippen LogP contribution in [-0.4, -0.2) is 42.1 Å². The zero-order valence-corrected chi connectivity index (χ0v) is 12.6. The fourth-order valence-corrected chi connectivity index (χ4v) is 1.88. The number of amides is 1. The summed E-state index contributed by atoms with van der Waals surface area (Å²) < 4.78 is 5.36. The summed E-state index contributed by atoms with van der Waals surface area (Å²) >= 11 is 0. The number of carbonyl (C=O) groups excluding carboxylic acids is 1. The van der Waals surface area contributed by atoms with Crippen LogP contribution in [0, 0.1) is 0 Å². The molecular formula is C14H23N5O2. The third kappa shape index (κ3) is 4.77. The molecule has 0 atom stereocenters. The first-order valence-electron chi connectivity index (χ1n) is 7.40. The lowest BCUT2D eigenvalue weighted by atomic mass is 10.3. The Hall–Kier alpha value is -2.05. The van der Waals surface area contributed by atoms with Crippen molar-refractivity contribution in [1.82, 2.24) is 15.3 Å². The van der Waals surface area contributed by atoms with E-state index in [0.717, 1.165) is 25.8 Å². The van der Waals surface area contributed by atoms with Gasteiger partial charge in [0.2, 0.25) is 11.7 Å². The molecular weight excluding hydrogens is 270 g/mol. The largest absolute Gasteiger partial charge is 0.490 e. The van der Waals surface area contributed by atoms with Crippen molar-refractivity contribution in [3.8, 4) is 5.75 Å². The van der Waals surface area contributed by atoms with Crippen molar-refractivity contribution in [2.45, 2.75) is 38.6 Å². The molecule has 1 fully saturated rings. The summed E-state index contributed by atoms with van der Waals surface area (Å²) in [6.45, 7) is 3.41. The van der Waals surface area contributed by atoms with Gasteiger partial charge < -0.3 is 20.7 Å². The second kappa shape index (κ2) is 7.66. The molecule has 0 spiro atoms. The molecule has 116 valence electrons. The smallest absolute Gasteiger partial charge is 0.221 e. The van der Waals surface area contributed by atoms with Gasteiger partial charge in [-0.2, -0.15) is 0 Å². The van der Waals surface area contributed by atoms with E-state index >= 15 is 0 Å². The molecule has 2 rings (SSSR count). The van der Waals surface area contributed by atoms with E-state index in [2.05, 4.69) is 32.8 Å². The number of nitrogens with zero attached hydrogens (tertiary/aromatic N) is 2. The summed E-state index contributed by atoms with van der Waals surface area (Å²) in [6.07, 6.45) is 5.10. The number of hydrogen-bond acceptors (Lipinski definition) is 6. The maximum Gasteiger partial charge on any atom is 0.221 e. The highest BCUT2D eigenvalue weighted by atomic mass is 16.5. The van der Waals surface area contributed by atoms with Crippen LogP contribution in [0.2, 0.25) is 0 Å². The van der Waals surface area contributed by atoms with Gasteiger partial charge in [-0.3, -0.25) is 4.79 Å². The molecule has 3 N–H and O–H groups in total. The lowest BCUT2D eigenvalue weighted by Gasteiger charge is -2.13. The summed E-state index contributed by atoms with van der Waals surface area (Å²) in [5, 5.41) is 9.27. The van der Waals surface area contributed by atoms with E-state index in [9.17, 15) is 4.79 Å². The first-order chi connectivity index (χ1) is 10.2. The van der Waals surface area contributed by atoms with Crippen molar-refractivity contribution < 1.29 is 9.53 Å². The van der Waals surface area contributed by atoms with Gasteiger partial charge in [0.05, 0.1) is 7.11 Å². The lowest BCUT2D eigenvalue weighted by Crippen LogP contribution is -2.27. The maximum atomic E-state index is 11.6. The Kier molecular flexibility index (Phi) is 5.59. The van der Waals surface area contributed by atoms with Gasteiger partial charge in [0.15, 0.2) is 11.6 Å². The van der Waals surface area contributed by atoms with Gasteiger partial charge in [-0.15, -0.1) is 0 Å². The van der Waals surface area contributed by atoms with Crippen molar-refractivity contribution in [3.63, 3.8) is 0 Å². The number of rotatable bonds is 9. The molecule has 1 aliphatic carbocycles. The minimum absolute atomic E-state index is 0.0716. The fourth-order valence-electron chi connectivity index (χ4n) is 1.88. The minimum Gasteiger partial charge on any atom is -0.490 e. The average molecular weight is 293 g/mol. The van der Waals surface area contributed by atoms with Crippen LogP contribution in [0.3, 0.4) is 0 Å². The Morgan fingerprint density at radius 3 is 2.52 bits per heavy atom. The monoisotopic (exact) mass is 293 g/mol. The molecule has 1 heterocycles. The van der Waals surface area contributed by atoms with Crippen LogP contribution in [-0.2, 0) is 4.79 Å². The van der Waals surface area contributed by atoms with Crippen LogP contribution in [0.1, 0.15) is 32.6 Å². The molecule has 21 heavy (non-hydrogen) atoms. The van der Waals surface area contributed by atoms with E-state index < -0.39 is 0 Å². The van der Waals surface area contributed by atoms with Crippen LogP contribution < -0.4 is 20.7 Å². The van der Waals surface area contributed by atoms with E-state index in [1.54, 1.807) is 7.11 Å². The summed E-state index contributed by atoms with van der Waals surface area (Å²) in [4.78, 5) is 20.0. The van der Waals surface area contributed by atoms with E-state index in [0.29, 0.717) is 36.4 Å². The van der Waals surface area contributed by atoms with Crippen LogP contribution >= 0.6 is 0 Å². The van der Waals surface area contributed by atoms with Crippen LogP contribution in [0.4, 0.5) is 11.6 Å². The molecule has 1 aliphatic rings.